The van der Waals surface area contributed by atoms with Crippen molar-refractivity contribution in [2.45, 2.75) is 59.5 Å². The molecule has 4 nitrogen and oxygen atoms in total. The van der Waals surface area contributed by atoms with Gasteiger partial charge in [0.1, 0.15) is 11.4 Å². The molecule has 1 unspecified atom stereocenters. The second-order valence-corrected chi connectivity index (χ2v) is 6.56. The Morgan fingerprint density at radius 2 is 1.87 bits per heavy atom. The number of benzene rings is 1. The van der Waals surface area contributed by atoms with Gasteiger partial charge in [0.25, 0.3) is 5.91 Å². The summed E-state index contributed by atoms with van der Waals surface area (Å²) in [5.74, 6) is 1.19. The zero-order valence-corrected chi connectivity index (χ0v) is 15.0. The Balaban J connectivity index is 2.15. The molecule has 128 valence electrons. The molecule has 1 fully saturated rings. The largest absolute Gasteiger partial charge is 0.493 e. The highest BCUT2D eigenvalue weighted by molar-refractivity contribution is 5.97. The molecule has 1 N–H and O–H groups in total. The molecule has 1 aromatic rings. The molecular weight excluding hydrogens is 290 g/mol. The third kappa shape index (κ3) is 4.05. The summed E-state index contributed by atoms with van der Waals surface area (Å²) in [6, 6.07) is 3.92. The van der Waals surface area contributed by atoms with E-state index in [2.05, 4.69) is 12.2 Å². The Morgan fingerprint density at radius 3 is 2.35 bits per heavy atom. The van der Waals surface area contributed by atoms with Crippen molar-refractivity contribution in [1.29, 1.82) is 0 Å². The molecular formula is C19H29NO3. The number of ether oxygens (including phenoxy) is 2. The van der Waals surface area contributed by atoms with E-state index in [4.69, 9.17) is 9.47 Å². The summed E-state index contributed by atoms with van der Waals surface area (Å²) in [5.41, 5.74) is 2.14. The Labute approximate surface area is 139 Å². The fourth-order valence-corrected chi connectivity index (χ4v) is 2.97. The van der Waals surface area contributed by atoms with Crippen LogP contribution in [0.4, 0.5) is 5.69 Å². The highest BCUT2D eigenvalue weighted by atomic mass is 16.5. The first kappa shape index (κ1) is 17.8. The molecule has 1 aliphatic rings. The number of carbonyl (C=O) groups is 1. The van der Waals surface area contributed by atoms with Crippen LogP contribution in [0.3, 0.4) is 0 Å². The van der Waals surface area contributed by atoms with Crippen molar-refractivity contribution in [2.24, 2.45) is 5.92 Å². The lowest BCUT2D eigenvalue weighted by atomic mass is 9.98. The highest BCUT2D eigenvalue weighted by Gasteiger charge is 2.48. The van der Waals surface area contributed by atoms with Gasteiger partial charge in [0.15, 0.2) is 0 Å². The van der Waals surface area contributed by atoms with Gasteiger partial charge in [-0.05, 0) is 76.1 Å². The van der Waals surface area contributed by atoms with Crippen LogP contribution in [0.2, 0.25) is 0 Å². The van der Waals surface area contributed by atoms with Crippen LogP contribution >= 0.6 is 0 Å². The normalized spacial score (nSPS) is 16.7. The minimum Gasteiger partial charge on any atom is -0.493 e. The lowest BCUT2D eigenvalue weighted by molar-refractivity contribution is -0.142. The molecule has 0 saturated heterocycles. The predicted molar refractivity (Wildman–Crippen MR) is 93.1 cm³/mol. The van der Waals surface area contributed by atoms with Crippen LogP contribution in [-0.4, -0.2) is 24.7 Å². The van der Waals surface area contributed by atoms with E-state index in [0.29, 0.717) is 19.1 Å². The van der Waals surface area contributed by atoms with E-state index in [0.717, 1.165) is 41.8 Å². The van der Waals surface area contributed by atoms with Crippen molar-refractivity contribution >= 4 is 11.6 Å². The minimum atomic E-state index is -0.726. The Morgan fingerprint density at radius 1 is 1.26 bits per heavy atom. The van der Waals surface area contributed by atoms with Crippen LogP contribution in [0.15, 0.2) is 12.1 Å². The van der Waals surface area contributed by atoms with Gasteiger partial charge in [0.05, 0.1) is 6.61 Å². The molecule has 1 aromatic carbocycles. The van der Waals surface area contributed by atoms with Crippen LogP contribution in [0.1, 0.15) is 51.2 Å². The van der Waals surface area contributed by atoms with E-state index in [1.807, 2.05) is 39.8 Å². The summed E-state index contributed by atoms with van der Waals surface area (Å²) >= 11 is 0. The summed E-state index contributed by atoms with van der Waals surface area (Å²) in [7, 11) is 0. The van der Waals surface area contributed by atoms with Gasteiger partial charge in [0.2, 0.25) is 0 Å². The van der Waals surface area contributed by atoms with E-state index >= 15 is 0 Å². The lowest BCUT2D eigenvalue weighted by Gasteiger charge is -2.29. The number of hydrogen-bond acceptors (Lipinski definition) is 3. The first-order chi connectivity index (χ1) is 10.9. The average Bonchev–Trinajstić information content (AvgIpc) is 3.33. The van der Waals surface area contributed by atoms with Gasteiger partial charge in [-0.3, -0.25) is 4.79 Å². The number of anilines is 1. The van der Waals surface area contributed by atoms with Crippen molar-refractivity contribution in [1.82, 2.24) is 0 Å². The van der Waals surface area contributed by atoms with Gasteiger partial charge in [-0.25, -0.2) is 0 Å². The fraction of sp³-hybridized carbons (Fsp3) is 0.632. The minimum absolute atomic E-state index is 0.0450. The van der Waals surface area contributed by atoms with Gasteiger partial charge in [-0.1, -0.05) is 6.92 Å². The zero-order valence-electron chi connectivity index (χ0n) is 15.0. The van der Waals surface area contributed by atoms with Crippen molar-refractivity contribution in [3.05, 3.63) is 23.3 Å². The van der Waals surface area contributed by atoms with Crippen LogP contribution < -0.4 is 10.1 Å². The van der Waals surface area contributed by atoms with Gasteiger partial charge in [0, 0.05) is 12.3 Å². The topological polar surface area (TPSA) is 47.6 Å². The van der Waals surface area contributed by atoms with Crippen molar-refractivity contribution in [2.75, 3.05) is 18.5 Å². The van der Waals surface area contributed by atoms with Crippen LogP contribution in [-0.2, 0) is 9.53 Å². The van der Waals surface area contributed by atoms with E-state index in [-0.39, 0.29) is 5.91 Å². The summed E-state index contributed by atoms with van der Waals surface area (Å²) in [6.07, 6.45) is 3.04. The van der Waals surface area contributed by atoms with Crippen molar-refractivity contribution < 1.29 is 14.3 Å². The monoisotopic (exact) mass is 319 g/mol. The highest BCUT2D eigenvalue weighted by Crippen LogP contribution is 2.42. The number of rotatable bonds is 8. The molecule has 1 atom stereocenters. The predicted octanol–water partition coefficient (Wildman–Crippen LogP) is 4.24. The van der Waals surface area contributed by atoms with E-state index in [1.165, 1.54) is 0 Å². The molecule has 1 aliphatic carbocycles. The molecule has 0 spiro atoms. The Hall–Kier alpha value is -1.55. The van der Waals surface area contributed by atoms with E-state index in [9.17, 15) is 4.79 Å². The lowest BCUT2D eigenvalue weighted by Crippen LogP contribution is -2.45. The van der Waals surface area contributed by atoms with Gasteiger partial charge in [-0.2, -0.15) is 0 Å². The molecule has 0 aromatic heterocycles. The second-order valence-electron chi connectivity index (χ2n) is 6.56. The van der Waals surface area contributed by atoms with E-state index in [1.54, 1.807) is 0 Å². The van der Waals surface area contributed by atoms with Crippen molar-refractivity contribution in [3.8, 4) is 5.75 Å². The molecule has 0 aliphatic heterocycles. The molecule has 0 bridgehead atoms. The maximum atomic E-state index is 12.8. The van der Waals surface area contributed by atoms with Crippen LogP contribution in [0.25, 0.3) is 0 Å². The molecule has 1 saturated carbocycles. The van der Waals surface area contributed by atoms with Crippen LogP contribution in [0.5, 0.6) is 5.75 Å². The zero-order chi connectivity index (χ0) is 17.0. The first-order valence-corrected chi connectivity index (χ1v) is 8.61. The second kappa shape index (κ2) is 7.35. The van der Waals surface area contributed by atoms with Gasteiger partial charge in [-0.15, -0.1) is 0 Å². The maximum Gasteiger partial charge on any atom is 0.256 e. The first-order valence-electron chi connectivity index (χ1n) is 8.61. The molecule has 23 heavy (non-hydrogen) atoms. The van der Waals surface area contributed by atoms with Crippen molar-refractivity contribution in [3.63, 3.8) is 0 Å². The van der Waals surface area contributed by atoms with Gasteiger partial charge < -0.3 is 14.8 Å². The number of aryl methyl sites for hydroxylation is 2. The maximum absolute atomic E-state index is 12.8. The summed E-state index contributed by atoms with van der Waals surface area (Å²) < 4.78 is 11.6. The molecule has 0 radical (unpaired) electrons. The Kier molecular flexibility index (Phi) is 5.69. The molecule has 4 heteroatoms. The third-order valence-electron chi connectivity index (χ3n) is 4.42. The summed E-state index contributed by atoms with van der Waals surface area (Å²) in [5, 5.41) is 3.04. The van der Waals surface area contributed by atoms with E-state index < -0.39 is 5.60 Å². The smallest absolute Gasteiger partial charge is 0.256 e. The summed E-state index contributed by atoms with van der Waals surface area (Å²) in [6.45, 7) is 11.2. The number of carbonyl (C=O) groups excluding carboxylic acids is 1. The SMILES string of the molecule is CCCOC(C)(C(=O)Nc1cc(C)c(OCC)c(C)c1)C1CC1. The number of amides is 1. The standard InChI is InChI=1S/C19H29NO3/c1-6-10-23-19(5,15-8-9-15)18(21)20-16-11-13(3)17(22-7-2)14(4)12-16/h11-12,15H,6-10H2,1-5H3,(H,20,21). The quantitative estimate of drug-likeness (QED) is 0.780. The fourth-order valence-electron chi connectivity index (χ4n) is 2.97. The molecule has 2 rings (SSSR count). The molecule has 0 heterocycles. The number of hydrogen-bond donors (Lipinski definition) is 1. The van der Waals surface area contributed by atoms with Gasteiger partial charge >= 0.3 is 0 Å². The average molecular weight is 319 g/mol. The molecule has 1 amide bonds. The number of nitrogens with one attached hydrogen (secondary N) is 1. The Bertz CT molecular complexity index is 543. The van der Waals surface area contributed by atoms with Crippen LogP contribution in [0, 0.1) is 19.8 Å². The summed E-state index contributed by atoms with van der Waals surface area (Å²) in [4.78, 5) is 12.8. The third-order valence-corrected chi connectivity index (χ3v) is 4.42.